The predicted octanol–water partition coefficient (Wildman–Crippen LogP) is 1.53. The maximum atomic E-state index is 5.97. The molecule has 0 aromatic heterocycles. The van der Waals surface area contributed by atoms with Crippen molar-refractivity contribution in [3.8, 4) is 5.75 Å². The lowest BCUT2D eigenvalue weighted by Crippen LogP contribution is -2.36. The molecule has 1 saturated heterocycles. The maximum absolute atomic E-state index is 5.97. The van der Waals surface area contributed by atoms with Gasteiger partial charge in [-0.05, 0) is 37.9 Å². The van der Waals surface area contributed by atoms with Gasteiger partial charge in [-0.1, -0.05) is 18.2 Å². The fourth-order valence-electron chi connectivity index (χ4n) is 2.11. The standard InChI is InChI=1S/C13H20N2O/c14-12-8-9-15-13(12)7-4-10-16-11-5-2-1-3-6-11/h1-3,5-6,12-13,15H,4,7-10,14H2. The van der Waals surface area contributed by atoms with Gasteiger partial charge in [0.1, 0.15) is 5.75 Å². The van der Waals surface area contributed by atoms with Crippen molar-refractivity contribution in [2.75, 3.05) is 13.2 Å². The van der Waals surface area contributed by atoms with Crippen LogP contribution in [0.5, 0.6) is 5.75 Å². The summed E-state index contributed by atoms with van der Waals surface area (Å²) in [7, 11) is 0. The second-order valence-electron chi connectivity index (χ2n) is 4.32. The van der Waals surface area contributed by atoms with Gasteiger partial charge in [0.2, 0.25) is 0 Å². The van der Waals surface area contributed by atoms with Crippen molar-refractivity contribution >= 4 is 0 Å². The molecule has 88 valence electrons. The van der Waals surface area contributed by atoms with E-state index in [4.69, 9.17) is 10.5 Å². The minimum absolute atomic E-state index is 0.330. The van der Waals surface area contributed by atoms with E-state index in [1.807, 2.05) is 30.3 Å². The van der Waals surface area contributed by atoms with Crippen LogP contribution in [0, 0.1) is 0 Å². The molecule has 1 aromatic rings. The molecule has 0 spiro atoms. The predicted molar refractivity (Wildman–Crippen MR) is 65.6 cm³/mol. The highest BCUT2D eigenvalue weighted by molar-refractivity contribution is 5.20. The second kappa shape index (κ2) is 5.87. The van der Waals surface area contributed by atoms with Gasteiger partial charge in [0, 0.05) is 12.1 Å². The molecule has 1 fully saturated rings. The van der Waals surface area contributed by atoms with Crippen LogP contribution in [0.1, 0.15) is 19.3 Å². The minimum atomic E-state index is 0.330. The molecule has 0 bridgehead atoms. The van der Waals surface area contributed by atoms with Gasteiger partial charge in [-0.25, -0.2) is 0 Å². The Bertz CT molecular complexity index is 302. The van der Waals surface area contributed by atoms with Gasteiger partial charge >= 0.3 is 0 Å². The maximum Gasteiger partial charge on any atom is 0.119 e. The second-order valence-corrected chi connectivity index (χ2v) is 4.32. The van der Waals surface area contributed by atoms with E-state index in [9.17, 15) is 0 Å². The molecule has 0 aliphatic carbocycles. The fourth-order valence-corrected chi connectivity index (χ4v) is 2.11. The Morgan fingerprint density at radius 3 is 2.81 bits per heavy atom. The van der Waals surface area contributed by atoms with Crippen LogP contribution < -0.4 is 15.8 Å². The van der Waals surface area contributed by atoms with Crippen LogP contribution in [-0.4, -0.2) is 25.2 Å². The Labute approximate surface area is 97.0 Å². The number of nitrogens with two attached hydrogens (primary N) is 1. The van der Waals surface area contributed by atoms with E-state index in [1.165, 1.54) is 0 Å². The van der Waals surface area contributed by atoms with E-state index < -0.39 is 0 Å². The largest absolute Gasteiger partial charge is 0.494 e. The fraction of sp³-hybridized carbons (Fsp3) is 0.538. The normalized spacial score (nSPS) is 24.6. The van der Waals surface area contributed by atoms with Gasteiger partial charge in [-0.3, -0.25) is 0 Å². The summed E-state index contributed by atoms with van der Waals surface area (Å²) in [4.78, 5) is 0. The lowest BCUT2D eigenvalue weighted by atomic mass is 10.1. The number of para-hydroxylation sites is 1. The summed E-state index contributed by atoms with van der Waals surface area (Å²) >= 11 is 0. The average molecular weight is 220 g/mol. The molecule has 3 heteroatoms. The number of ether oxygens (including phenoxy) is 1. The molecule has 3 nitrogen and oxygen atoms in total. The third-order valence-electron chi connectivity index (χ3n) is 3.07. The molecule has 2 atom stereocenters. The van der Waals surface area contributed by atoms with E-state index >= 15 is 0 Å². The Morgan fingerprint density at radius 2 is 2.12 bits per heavy atom. The van der Waals surface area contributed by atoms with Gasteiger partial charge in [0.25, 0.3) is 0 Å². The molecule has 1 aliphatic heterocycles. The molecule has 0 radical (unpaired) electrons. The van der Waals surface area contributed by atoms with Crippen molar-refractivity contribution in [1.82, 2.24) is 5.32 Å². The van der Waals surface area contributed by atoms with Crippen molar-refractivity contribution in [2.24, 2.45) is 5.73 Å². The number of benzene rings is 1. The Balaban J connectivity index is 1.62. The molecule has 16 heavy (non-hydrogen) atoms. The first-order valence-corrected chi connectivity index (χ1v) is 6.03. The summed E-state index contributed by atoms with van der Waals surface area (Å²) in [6, 6.07) is 10.8. The van der Waals surface area contributed by atoms with E-state index in [1.54, 1.807) is 0 Å². The summed E-state index contributed by atoms with van der Waals surface area (Å²) in [5.41, 5.74) is 5.97. The SMILES string of the molecule is NC1CCNC1CCCOc1ccccc1. The Kier molecular flexibility index (Phi) is 4.19. The highest BCUT2D eigenvalue weighted by Crippen LogP contribution is 2.12. The van der Waals surface area contributed by atoms with Gasteiger partial charge in [-0.15, -0.1) is 0 Å². The first-order valence-electron chi connectivity index (χ1n) is 6.03. The summed E-state index contributed by atoms with van der Waals surface area (Å²) < 4.78 is 5.63. The highest BCUT2D eigenvalue weighted by atomic mass is 16.5. The number of hydrogen-bond acceptors (Lipinski definition) is 3. The first kappa shape index (κ1) is 11.4. The van der Waals surface area contributed by atoms with Crippen LogP contribution in [-0.2, 0) is 0 Å². The Morgan fingerprint density at radius 1 is 1.31 bits per heavy atom. The summed E-state index contributed by atoms with van der Waals surface area (Å²) in [6.45, 7) is 1.83. The lowest BCUT2D eigenvalue weighted by Gasteiger charge is -2.15. The number of hydrogen-bond donors (Lipinski definition) is 2. The molecule has 0 amide bonds. The van der Waals surface area contributed by atoms with Crippen LogP contribution in [0.15, 0.2) is 30.3 Å². The summed E-state index contributed by atoms with van der Waals surface area (Å²) in [5.74, 6) is 0.950. The Hall–Kier alpha value is -1.06. The topological polar surface area (TPSA) is 47.3 Å². The molecule has 0 saturated carbocycles. The van der Waals surface area contributed by atoms with Crippen molar-refractivity contribution in [1.29, 1.82) is 0 Å². The number of rotatable bonds is 5. The third kappa shape index (κ3) is 3.22. The molecule has 1 heterocycles. The molecule has 1 aromatic carbocycles. The van der Waals surface area contributed by atoms with E-state index in [-0.39, 0.29) is 0 Å². The minimum Gasteiger partial charge on any atom is -0.494 e. The lowest BCUT2D eigenvalue weighted by molar-refractivity contribution is 0.296. The zero-order valence-electron chi connectivity index (χ0n) is 9.56. The van der Waals surface area contributed by atoms with Crippen molar-refractivity contribution in [3.63, 3.8) is 0 Å². The van der Waals surface area contributed by atoms with Crippen LogP contribution >= 0.6 is 0 Å². The molecule has 1 aliphatic rings. The monoisotopic (exact) mass is 220 g/mol. The highest BCUT2D eigenvalue weighted by Gasteiger charge is 2.22. The van der Waals surface area contributed by atoms with Gasteiger partial charge in [0.05, 0.1) is 6.61 Å². The average Bonchev–Trinajstić information content (AvgIpc) is 2.72. The molecular formula is C13H20N2O. The van der Waals surface area contributed by atoms with E-state index in [0.717, 1.165) is 38.2 Å². The molecule has 2 rings (SSSR count). The molecule has 2 unspecified atom stereocenters. The molecular weight excluding hydrogens is 200 g/mol. The smallest absolute Gasteiger partial charge is 0.119 e. The van der Waals surface area contributed by atoms with Crippen LogP contribution in [0.4, 0.5) is 0 Å². The van der Waals surface area contributed by atoms with Gasteiger partial charge in [0.15, 0.2) is 0 Å². The zero-order valence-corrected chi connectivity index (χ0v) is 9.56. The summed E-state index contributed by atoms with van der Waals surface area (Å²) in [6.07, 6.45) is 3.26. The zero-order chi connectivity index (χ0) is 11.2. The van der Waals surface area contributed by atoms with Crippen molar-refractivity contribution in [3.05, 3.63) is 30.3 Å². The third-order valence-corrected chi connectivity index (χ3v) is 3.07. The van der Waals surface area contributed by atoms with Gasteiger partial charge < -0.3 is 15.8 Å². The van der Waals surface area contributed by atoms with Crippen molar-refractivity contribution in [2.45, 2.75) is 31.3 Å². The summed E-state index contributed by atoms with van der Waals surface area (Å²) in [5, 5.41) is 3.42. The van der Waals surface area contributed by atoms with Crippen LogP contribution in [0.3, 0.4) is 0 Å². The molecule has 3 N–H and O–H groups in total. The first-order chi connectivity index (χ1) is 7.86. The van der Waals surface area contributed by atoms with E-state index in [0.29, 0.717) is 12.1 Å². The van der Waals surface area contributed by atoms with Crippen LogP contribution in [0.2, 0.25) is 0 Å². The quantitative estimate of drug-likeness (QED) is 0.740. The van der Waals surface area contributed by atoms with E-state index in [2.05, 4.69) is 5.32 Å². The van der Waals surface area contributed by atoms with Gasteiger partial charge in [-0.2, -0.15) is 0 Å². The van der Waals surface area contributed by atoms with Crippen molar-refractivity contribution < 1.29 is 4.74 Å². The number of nitrogens with one attached hydrogen (secondary N) is 1. The van der Waals surface area contributed by atoms with Crippen LogP contribution in [0.25, 0.3) is 0 Å².